The van der Waals surface area contributed by atoms with E-state index in [1.54, 1.807) is 0 Å². The number of aryl methyl sites for hydroxylation is 1. The summed E-state index contributed by atoms with van der Waals surface area (Å²) in [5.41, 5.74) is 2.03. The number of piperidine rings is 1. The highest BCUT2D eigenvalue weighted by molar-refractivity contribution is 5.93. The second kappa shape index (κ2) is 8.25. The molecule has 0 aliphatic carbocycles. The number of hydrogen-bond donors (Lipinski definition) is 0. The van der Waals surface area contributed by atoms with E-state index in [0.717, 1.165) is 50.4 Å². The number of para-hydroxylation sites is 1. The molecule has 1 saturated heterocycles. The molecule has 1 aromatic heterocycles. The SMILES string of the molecule is CCC(=O)N(c1ccccc1)C1CCN(Cc2cn(CC)nn2)CC1. The van der Waals surface area contributed by atoms with Crippen LogP contribution in [-0.2, 0) is 17.9 Å². The highest BCUT2D eigenvalue weighted by Crippen LogP contribution is 2.25. The molecule has 2 aromatic rings. The van der Waals surface area contributed by atoms with Gasteiger partial charge in [-0.25, -0.2) is 0 Å². The number of hydrogen-bond acceptors (Lipinski definition) is 4. The van der Waals surface area contributed by atoms with Crippen LogP contribution in [0.2, 0.25) is 0 Å². The summed E-state index contributed by atoms with van der Waals surface area (Å²) in [6.07, 6.45) is 4.53. The maximum atomic E-state index is 12.5. The highest BCUT2D eigenvalue weighted by atomic mass is 16.2. The first-order valence-electron chi connectivity index (χ1n) is 9.19. The van der Waals surface area contributed by atoms with Crippen molar-refractivity contribution in [3.05, 3.63) is 42.2 Å². The molecule has 134 valence electrons. The molecule has 1 aromatic carbocycles. The first-order valence-corrected chi connectivity index (χ1v) is 9.19. The van der Waals surface area contributed by atoms with Crippen molar-refractivity contribution in [1.29, 1.82) is 0 Å². The van der Waals surface area contributed by atoms with Gasteiger partial charge in [-0.05, 0) is 31.9 Å². The van der Waals surface area contributed by atoms with Crippen LogP contribution in [0.1, 0.15) is 38.8 Å². The quantitative estimate of drug-likeness (QED) is 0.811. The third-order valence-corrected chi connectivity index (χ3v) is 4.82. The van der Waals surface area contributed by atoms with Gasteiger partial charge >= 0.3 is 0 Å². The number of nitrogens with zero attached hydrogens (tertiary/aromatic N) is 5. The second-order valence-corrected chi connectivity index (χ2v) is 6.53. The zero-order valence-corrected chi connectivity index (χ0v) is 15.1. The van der Waals surface area contributed by atoms with Crippen LogP contribution in [0.5, 0.6) is 0 Å². The van der Waals surface area contributed by atoms with E-state index in [1.165, 1.54) is 0 Å². The molecule has 0 spiro atoms. The molecule has 1 amide bonds. The Morgan fingerprint density at radius 1 is 1.20 bits per heavy atom. The Morgan fingerprint density at radius 3 is 2.52 bits per heavy atom. The van der Waals surface area contributed by atoms with Crippen LogP contribution in [0.4, 0.5) is 5.69 Å². The predicted octanol–water partition coefficient (Wildman–Crippen LogP) is 2.71. The fourth-order valence-corrected chi connectivity index (χ4v) is 3.45. The van der Waals surface area contributed by atoms with Crippen LogP contribution in [0.15, 0.2) is 36.5 Å². The van der Waals surface area contributed by atoms with E-state index in [4.69, 9.17) is 0 Å². The van der Waals surface area contributed by atoms with Gasteiger partial charge in [-0.2, -0.15) is 0 Å². The van der Waals surface area contributed by atoms with E-state index < -0.39 is 0 Å². The van der Waals surface area contributed by atoms with Gasteiger partial charge in [0.2, 0.25) is 5.91 Å². The molecule has 1 fully saturated rings. The molecule has 1 aliphatic heterocycles. The van der Waals surface area contributed by atoms with E-state index in [9.17, 15) is 4.79 Å². The number of anilines is 1. The monoisotopic (exact) mass is 341 g/mol. The number of amides is 1. The van der Waals surface area contributed by atoms with Gasteiger partial charge in [0.25, 0.3) is 0 Å². The highest BCUT2D eigenvalue weighted by Gasteiger charge is 2.28. The molecular weight excluding hydrogens is 314 g/mol. The Hall–Kier alpha value is -2.21. The largest absolute Gasteiger partial charge is 0.309 e. The van der Waals surface area contributed by atoms with Crippen molar-refractivity contribution in [3.8, 4) is 0 Å². The van der Waals surface area contributed by atoms with E-state index in [-0.39, 0.29) is 11.9 Å². The van der Waals surface area contributed by atoms with Crippen LogP contribution < -0.4 is 4.90 Å². The summed E-state index contributed by atoms with van der Waals surface area (Å²) in [4.78, 5) is 16.9. The molecular formula is C19H27N5O. The Kier molecular flexibility index (Phi) is 5.81. The van der Waals surface area contributed by atoms with Crippen molar-refractivity contribution in [3.63, 3.8) is 0 Å². The van der Waals surface area contributed by atoms with Crippen molar-refractivity contribution in [2.45, 2.75) is 52.2 Å². The topological polar surface area (TPSA) is 54.3 Å². The predicted molar refractivity (Wildman–Crippen MR) is 98.2 cm³/mol. The van der Waals surface area contributed by atoms with Crippen molar-refractivity contribution in [1.82, 2.24) is 19.9 Å². The van der Waals surface area contributed by atoms with Crippen LogP contribution in [0.3, 0.4) is 0 Å². The smallest absolute Gasteiger partial charge is 0.226 e. The molecule has 0 radical (unpaired) electrons. The number of carbonyl (C=O) groups is 1. The van der Waals surface area contributed by atoms with Crippen LogP contribution in [0, 0.1) is 0 Å². The van der Waals surface area contributed by atoms with Crippen LogP contribution >= 0.6 is 0 Å². The van der Waals surface area contributed by atoms with E-state index in [0.29, 0.717) is 6.42 Å². The average molecular weight is 341 g/mol. The minimum absolute atomic E-state index is 0.204. The molecule has 0 unspecified atom stereocenters. The summed E-state index contributed by atoms with van der Waals surface area (Å²) in [5, 5.41) is 8.34. The lowest BCUT2D eigenvalue weighted by Crippen LogP contribution is -2.47. The second-order valence-electron chi connectivity index (χ2n) is 6.53. The van der Waals surface area contributed by atoms with Gasteiger partial charge in [0.1, 0.15) is 0 Å². The molecule has 0 bridgehead atoms. The lowest BCUT2D eigenvalue weighted by atomic mass is 10.0. The maximum Gasteiger partial charge on any atom is 0.226 e. The minimum atomic E-state index is 0.204. The molecule has 0 N–H and O–H groups in total. The van der Waals surface area contributed by atoms with Gasteiger partial charge in [-0.1, -0.05) is 30.3 Å². The van der Waals surface area contributed by atoms with E-state index in [2.05, 4.69) is 22.1 Å². The minimum Gasteiger partial charge on any atom is -0.309 e. The Morgan fingerprint density at radius 2 is 1.92 bits per heavy atom. The molecule has 6 heteroatoms. The Labute approximate surface area is 149 Å². The standard InChI is InChI=1S/C19H27N5O/c1-3-19(25)24(17-8-6-5-7-9-17)18-10-12-22(13-11-18)14-16-15-23(4-2)21-20-16/h5-9,15,18H,3-4,10-14H2,1-2H3. The molecule has 3 rings (SSSR count). The third kappa shape index (κ3) is 4.25. The molecule has 25 heavy (non-hydrogen) atoms. The van der Waals surface area contributed by atoms with Crippen molar-refractivity contribution in [2.24, 2.45) is 0 Å². The molecule has 2 heterocycles. The zero-order valence-electron chi connectivity index (χ0n) is 15.1. The average Bonchev–Trinajstić information content (AvgIpc) is 3.11. The van der Waals surface area contributed by atoms with Crippen molar-refractivity contribution < 1.29 is 4.79 Å². The van der Waals surface area contributed by atoms with Crippen LogP contribution in [0.25, 0.3) is 0 Å². The van der Waals surface area contributed by atoms with Crippen molar-refractivity contribution in [2.75, 3.05) is 18.0 Å². The van der Waals surface area contributed by atoms with Gasteiger partial charge in [-0.15, -0.1) is 5.10 Å². The number of benzene rings is 1. The van der Waals surface area contributed by atoms with E-state index >= 15 is 0 Å². The van der Waals surface area contributed by atoms with Crippen molar-refractivity contribution >= 4 is 11.6 Å². The summed E-state index contributed by atoms with van der Waals surface area (Å²) < 4.78 is 1.86. The number of rotatable bonds is 6. The van der Waals surface area contributed by atoms with E-state index in [1.807, 2.05) is 53.0 Å². The van der Waals surface area contributed by atoms with Gasteiger partial charge in [-0.3, -0.25) is 14.4 Å². The molecule has 1 aliphatic rings. The summed E-state index contributed by atoms with van der Waals surface area (Å²) in [5.74, 6) is 0.204. The van der Waals surface area contributed by atoms with Gasteiger partial charge in [0.15, 0.2) is 0 Å². The lowest BCUT2D eigenvalue weighted by Gasteiger charge is -2.38. The summed E-state index contributed by atoms with van der Waals surface area (Å²) in [7, 11) is 0. The molecule has 0 atom stereocenters. The molecule has 0 saturated carbocycles. The summed E-state index contributed by atoms with van der Waals surface area (Å²) in [6.45, 7) is 7.63. The van der Waals surface area contributed by atoms with Gasteiger partial charge < -0.3 is 4.90 Å². The number of likely N-dealkylation sites (tertiary alicyclic amines) is 1. The summed E-state index contributed by atoms with van der Waals surface area (Å²) in [6, 6.07) is 10.3. The first kappa shape index (κ1) is 17.6. The maximum absolute atomic E-state index is 12.5. The molecule has 6 nitrogen and oxygen atoms in total. The normalized spacial score (nSPS) is 16.1. The Bertz CT molecular complexity index is 676. The number of aromatic nitrogens is 3. The zero-order chi connectivity index (χ0) is 17.6. The fourth-order valence-electron chi connectivity index (χ4n) is 3.45. The van der Waals surface area contributed by atoms with Crippen LogP contribution in [-0.4, -0.2) is 44.9 Å². The Balaban J connectivity index is 1.62. The third-order valence-electron chi connectivity index (χ3n) is 4.82. The lowest BCUT2D eigenvalue weighted by molar-refractivity contribution is -0.119. The summed E-state index contributed by atoms with van der Waals surface area (Å²) >= 11 is 0. The van der Waals surface area contributed by atoms with Gasteiger partial charge in [0.05, 0.1) is 5.69 Å². The van der Waals surface area contributed by atoms with Gasteiger partial charge in [0, 0.05) is 50.5 Å². The fraction of sp³-hybridized carbons (Fsp3) is 0.526. The number of carbonyl (C=O) groups excluding carboxylic acids is 1. The first-order chi connectivity index (χ1) is 12.2.